The number of likely N-dealkylation sites (tertiary alicyclic amines) is 1. The third-order valence-electron chi connectivity index (χ3n) is 5.62. The topological polar surface area (TPSA) is 19.4 Å². The Bertz CT molecular complexity index is 733. The molecule has 25 heavy (non-hydrogen) atoms. The van der Waals surface area contributed by atoms with E-state index < -0.39 is 0 Å². The lowest BCUT2D eigenvalue weighted by Crippen LogP contribution is -2.45. The summed E-state index contributed by atoms with van der Waals surface area (Å²) in [4.78, 5) is 9.71. The lowest BCUT2D eigenvalue weighted by molar-refractivity contribution is 0.200. The third kappa shape index (κ3) is 3.28. The van der Waals surface area contributed by atoms with Gasteiger partial charge in [-0.15, -0.1) is 0 Å². The number of piperidine rings is 1. The van der Waals surface area contributed by atoms with E-state index >= 15 is 0 Å². The summed E-state index contributed by atoms with van der Waals surface area (Å²) in [6.45, 7) is 8.74. The van der Waals surface area contributed by atoms with Crippen LogP contribution in [0.25, 0.3) is 0 Å². The van der Waals surface area contributed by atoms with Gasteiger partial charge in [0.05, 0.1) is 11.4 Å². The SMILES string of the molecule is CC1(C)CN(C2CCN(Cc3ccc(F)cc3)CC2)c2cccnc21. The van der Waals surface area contributed by atoms with Crippen LogP contribution in [0.15, 0.2) is 42.6 Å². The molecule has 0 unspecified atom stereocenters. The Labute approximate surface area is 149 Å². The van der Waals surface area contributed by atoms with Gasteiger partial charge in [-0.05, 0) is 42.7 Å². The third-order valence-corrected chi connectivity index (χ3v) is 5.62. The van der Waals surface area contributed by atoms with Crippen LogP contribution in [0.1, 0.15) is 37.9 Å². The molecule has 2 aliphatic heterocycles. The molecular formula is C21H26FN3. The fraction of sp³-hybridized carbons (Fsp3) is 0.476. The van der Waals surface area contributed by atoms with E-state index in [0.717, 1.165) is 26.2 Å². The van der Waals surface area contributed by atoms with Gasteiger partial charge in [0, 0.05) is 43.8 Å². The number of benzene rings is 1. The summed E-state index contributed by atoms with van der Waals surface area (Å²) < 4.78 is 13.0. The van der Waals surface area contributed by atoms with Gasteiger partial charge in [0.1, 0.15) is 5.82 Å². The lowest BCUT2D eigenvalue weighted by Gasteiger charge is -2.38. The van der Waals surface area contributed by atoms with E-state index in [4.69, 9.17) is 0 Å². The molecule has 3 heterocycles. The summed E-state index contributed by atoms with van der Waals surface area (Å²) in [7, 11) is 0. The summed E-state index contributed by atoms with van der Waals surface area (Å²) in [6.07, 6.45) is 4.26. The lowest BCUT2D eigenvalue weighted by atomic mass is 9.91. The molecule has 0 saturated carbocycles. The number of fused-ring (bicyclic) bond motifs is 1. The van der Waals surface area contributed by atoms with Gasteiger partial charge in [0.15, 0.2) is 0 Å². The second kappa shape index (κ2) is 6.41. The van der Waals surface area contributed by atoms with Gasteiger partial charge in [-0.1, -0.05) is 26.0 Å². The molecule has 1 saturated heterocycles. The minimum atomic E-state index is -0.161. The normalized spacial score (nSPS) is 20.7. The van der Waals surface area contributed by atoms with Crippen molar-refractivity contribution >= 4 is 5.69 Å². The van der Waals surface area contributed by atoms with Crippen molar-refractivity contribution in [1.82, 2.24) is 9.88 Å². The Morgan fingerprint density at radius 3 is 2.56 bits per heavy atom. The van der Waals surface area contributed by atoms with Crippen molar-refractivity contribution < 1.29 is 4.39 Å². The van der Waals surface area contributed by atoms with E-state index in [-0.39, 0.29) is 11.2 Å². The molecule has 1 aromatic carbocycles. The van der Waals surface area contributed by atoms with Gasteiger partial charge in [-0.25, -0.2) is 4.39 Å². The molecule has 4 rings (SSSR count). The standard InChI is InChI=1S/C21H26FN3/c1-21(2)15-25(19-4-3-11-23-20(19)21)18-9-12-24(13-10-18)14-16-5-7-17(22)8-6-16/h3-8,11,18H,9-10,12-15H2,1-2H3. The van der Waals surface area contributed by atoms with E-state index in [9.17, 15) is 4.39 Å². The summed E-state index contributed by atoms with van der Waals surface area (Å²) >= 11 is 0. The first kappa shape index (κ1) is 16.5. The molecule has 4 heteroatoms. The molecule has 1 aromatic heterocycles. The van der Waals surface area contributed by atoms with E-state index in [2.05, 4.69) is 40.8 Å². The number of halogens is 1. The van der Waals surface area contributed by atoms with Crippen molar-refractivity contribution in [2.45, 2.75) is 44.7 Å². The monoisotopic (exact) mass is 339 g/mol. The molecule has 0 amide bonds. The van der Waals surface area contributed by atoms with Crippen LogP contribution in [0, 0.1) is 5.82 Å². The molecular weight excluding hydrogens is 313 g/mol. The molecule has 3 nitrogen and oxygen atoms in total. The Morgan fingerprint density at radius 1 is 1.12 bits per heavy atom. The zero-order chi connectivity index (χ0) is 17.4. The average Bonchev–Trinajstić information content (AvgIpc) is 2.90. The molecule has 0 radical (unpaired) electrons. The van der Waals surface area contributed by atoms with E-state index in [1.54, 1.807) is 12.1 Å². The van der Waals surface area contributed by atoms with Crippen molar-refractivity contribution in [3.63, 3.8) is 0 Å². The van der Waals surface area contributed by atoms with Gasteiger partial charge in [-0.3, -0.25) is 9.88 Å². The fourth-order valence-corrected chi connectivity index (χ4v) is 4.30. The number of nitrogens with zero attached hydrogens (tertiary/aromatic N) is 3. The van der Waals surface area contributed by atoms with Crippen LogP contribution in [-0.4, -0.2) is 35.6 Å². The van der Waals surface area contributed by atoms with Crippen molar-refractivity contribution in [1.29, 1.82) is 0 Å². The van der Waals surface area contributed by atoms with Crippen molar-refractivity contribution in [3.8, 4) is 0 Å². The summed E-state index contributed by atoms with van der Waals surface area (Å²) in [6, 6.07) is 11.8. The van der Waals surface area contributed by atoms with Crippen LogP contribution >= 0.6 is 0 Å². The molecule has 0 aliphatic carbocycles. The highest BCUT2D eigenvalue weighted by Gasteiger charge is 2.39. The maximum Gasteiger partial charge on any atom is 0.123 e. The highest BCUT2D eigenvalue weighted by Crippen LogP contribution is 2.41. The van der Waals surface area contributed by atoms with Crippen molar-refractivity contribution in [2.24, 2.45) is 0 Å². The first-order valence-corrected chi connectivity index (χ1v) is 9.22. The van der Waals surface area contributed by atoms with Gasteiger partial charge < -0.3 is 4.90 Å². The molecule has 2 aromatic rings. The summed E-state index contributed by atoms with van der Waals surface area (Å²) in [5.74, 6) is -0.161. The van der Waals surface area contributed by atoms with Crippen LogP contribution in [0.5, 0.6) is 0 Å². The molecule has 132 valence electrons. The summed E-state index contributed by atoms with van der Waals surface area (Å²) in [5, 5.41) is 0. The van der Waals surface area contributed by atoms with E-state index in [1.807, 2.05) is 18.3 Å². The highest BCUT2D eigenvalue weighted by molar-refractivity contribution is 5.59. The number of hydrogen-bond acceptors (Lipinski definition) is 3. The van der Waals surface area contributed by atoms with Crippen LogP contribution in [0.3, 0.4) is 0 Å². The van der Waals surface area contributed by atoms with Gasteiger partial charge in [0.2, 0.25) is 0 Å². The fourth-order valence-electron chi connectivity index (χ4n) is 4.30. The number of aromatic nitrogens is 1. The molecule has 1 fully saturated rings. The smallest absolute Gasteiger partial charge is 0.123 e. The van der Waals surface area contributed by atoms with Crippen molar-refractivity contribution in [3.05, 3.63) is 59.7 Å². The quantitative estimate of drug-likeness (QED) is 0.843. The minimum absolute atomic E-state index is 0.127. The minimum Gasteiger partial charge on any atom is -0.366 e. The Kier molecular flexibility index (Phi) is 4.24. The van der Waals surface area contributed by atoms with Crippen LogP contribution in [0.4, 0.5) is 10.1 Å². The predicted octanol–water partition coefficient (Wildman–Crippen LogP) is 3.98. The van der Waals surface area contributed by atoms with Crippen molar-refractivity contribution in [2.75, 3.05) is 24.5 Å². The number of anilines is 1. The van der Waals surface area contributed by atoms with Crippen LogP contribution in [0.2, 0.25) is 0 Å². The van der Waals surface area contributed by atoms with Crippen LogP contribution in [-0.2, 0) is 12.0 Å². The Morgan fingerprint density at radius 2 is 1.84 bits per heavy atom. The maximum atomic E-state index is 13.0. The average molecular weight is 339 g/mol. The maximum absolute atomic E-state index is 13.0. The zero-order valence-corrected chi connectivity index (χ0v) is 15.1. The number of rotatable bonds is 3. The second-order valence-electron chi connectivity index (χ2n) is 8.02. The van der Waals surface area contributed by atoms with E-state index in [1.165, 1.54) is 29.8 Å². The van der Waals surface area contributed by atoms with Gasteiger partial charge >= 0.3 is 0 Å². The highest BCUT2D eigenvalue weighted by atomic mass is 19.1. The predicted molar refractivity (Wildman–Crippen MR) is 99.3 cm³/mol. The first-order valence-electron chi connectivity index (χ1n) is 9.22. The zero-order valence-electron chi connectivity index (χ0n) is 15.1. The van der Waals surface area contributed by atoms with E-state index in [0.29, 0.717) is 6.04 Å². The summed E-state index contributed by atoms with van der Waals surface area (Å²) in [5.41, 5.74) is 3.88. The number of pyridine rings is 1. The van der Waals surface area contributed by atoms with Gasteiger partial charge in [0.25, 0.3) is 0 Å². The Balaban J connectivity index is 1.40. The number of hydrogen-bond donors (Lipinski definition) is 0. The van der Waals surface area contributed by atoms with Crippen LogP contribution < -0.4 is 4.90 Å². The molecule has 2 aliphatic rings. The molecule has 0 atom stereocenters. The first-order chi connectivity index (χ1) is 12.0. The van der Waals surface area contributed by atoms with Gasteiger partial charge in [-0.2, -0.15) is 0 Å². The largest absolute Gasteiger partial charge is 0.366 e. The molecule has 0 N–H and O–H groups in total. The second-order valence-corrected chi connectivity index (χ2v) is 8.02. The molecule has 0 bridgehead atoms. The molecule has 0 spiro atoms. The Hall–Kier alpha value is -1.94.